The number of para-hydroxylation sites is 2. The molecule has 0 unspecified atom stereocenters. The summed E-state index contributed by atoms with van der Waals surface area (Å²) in [6.45, 7) is 11.8. The molecule has 0 aliphatic carbocycles. The SMILES string of the molecule is C[N+]1=C(C=CC=CC=CC=C2N(CCCCCC(=O)NCCCCCCCCN)c3ccccc3C2(C)C)C(C)(C)c2ccccc21.[I-]. The molecule has 0 bridgehead atoms. The summed E-state index contributed by atoms with van der Waals surface area (Å²) in [6, 6.07) is 17.5. The van der Waals surface area contributed by atoms with Gasteiger partial charge in [-0.3, -0.25) is 4.79 Å². The van der Waals surface area contributed by atoms with Gasteiger partial charge in [-0.15, -0.1) is 0 Å². The molecular formula is C42H59IN4O. The summed E-state index contributed by atoms with van der Waals surface area (Å²) >= 11 is 0. The molecule has 48 heavy (non-hydrogen) atoms. The molecule has 0 fully saturated rings. The topological polar surface area (TPSA) is 61.4 Å². The molecule has 0 spiro atoms. The number of hydrogen-bond acceptors (Lipinski definition) is 3. The number of benzene rings is 2. The van der Waals surface area contributed by atoms with Gasteiger partial charge >= 0.3 is 0 Å². The van der Waals surface area contributed by atoms with Gasteiger partial charge in [-0.25, -0.2) is 0 Å². The van der Waals surface area contributed by atoms with Gasteiger partial charge < -0.3 is 39.9 Å². The minimum Gasteiger partial charge on any atom is -1.00 e. The van der Waals surface area contributed by atoms with Gasteiger partial charge in [0.05, 0.1) is 5.41 Å². The van der Waals surface area contributed by atoms with Crippen molar-refractivity contribution in [1.82, 2.24) is 5.32 Å². The standard InChI is InChI=1S/C42H58N4O.HI/c1-41(2)34-24-17-19-26-36(34)45(5)38(41)28-14-9-8-10-15-29-39-42(3,4)35-25-18-20-27-37(35)46(39)33-23-13-16-30-40(47)44-32-22-12-7-6-11-21-31-43;/h8-10,14-15,17-20,24-29H,6-7,11-13,16,21-23,30-33,43H2,1-5H3;1H. The smallest absolute Gasteiger partial charge is 0.219 e. The number of nitrogens with two attached hydrogens (primary N) is 1. The molecule has 4 rings (SSSR count). The van der Waals surface area contributed by atoms with Crippen molar-refractivity contribution in [3.05, 3.63) is 108 Å². The number of anilines is 1. The van der Waals surface area contributed by atoms with Crippen LogP contribution in [0.4, 0.5) is 11.4 Å². The minimum atomic E-state index is -0.0703. The maximum Gasteiger partial charge on any atom is 0.219 e. The summed E-state index contributed by atoms with van der Waals surface area (Å²) in [4.78, 5) is 14.8. The molecule has 0 saturated heterocycles. The predicted molar refractivity (Wildman–Crippen MR) is 201 cm³/mol. The first-order valence-corrected chi connectivity index (χ1v) is 18.0. The lowest BCUT2D eigenvalue weighted by Gasteiger charge is -2.27. The zero-order chi connectivity index (χ0) is 33.7. The Labute approximate surface area is 308 Å². The number of halogens is 1. The Morgan fingerprint density at radius 1 is 0.771 bits per heavy atom. The number of nitrogens with zero attached hydrogens (tertiary/aromatic N) is 2. The van der Waals surface area contributed by atoms with E-state index < -0.39 is 0 Å². The second kappa shape index (κ2) is 19.3. The molecule has 260 valence electrons. The van der Waals surface area contributed by atoms with E-state index in [0.29, 0.717) is 6.42 Å². The maximum atomic E-state index is 12.3. The van der Waals surface area contributed by atoms with Crippen molar-refractivity contribution >= 4 is 23.0 Å². The van der Waals surface area contributed by atoms with Crippen LogP contribution in [0.25, 0.3) is 0 Å². The Morgan fingerprint density at radius 2 is 1.40 bits per heavy atom. The van der Waals surface area contributed by atoms with Crippen LogP contribution in [0, 0.1) is 0 Å². The summed E-state index contributed by atoms with van der Waals surface area (Å²) in [5.41, 5.74) is 13.4. The van der Waals surface area contributed by atoms with E-state index >= 15 is 0 Å². The molecule has 2 aliphatic rings. The highest BCUT2D eigenvalue weighted by Gasteiger charge is 2.42. The highest BCUT2D eigenvalue weighted by molar-refractivity contribution is 6.03. The number of fused-ring (bicyclic) bond motifs is 2. The van der Waals surface area contributed by atoms with Gasteiger partial charge in [-0.1, -0.05) is 113 Å². The van der Waals surface area contributed by atoms with Crippen LogP contribution in [0.1, 0.15) is 103 Å². The van der Waals surface area contributed by atoms with Crippen LogP contribution in [-0.4, -0.2) is 42.9 Å². The van der Waals surface area contributed by atoms with Crippen molar-refractivity contribution in [2.75, 3.05) is 31.6 Å². The van der Waals surface area contributed by atoms with Crippen molar-refractivity contribution in [1.29, 1.82) is 0 Å². The van der Waals surface area contributed by atoms with Gasteiger partial charge in [-0.05, 0) is 63.8 Å². The van der Waals surface area contributed by atoms with Crippen molar-refractivity contribution in [2.24, 2.45) is 5.73 Å². The first-order chi connectivity index (χ1) is 22.7. The molecule has 0 radical (unpaired) electrons. The summed E-state index contributed by atoms with van der Waals surface area (Å²) in [5.74, 6) is 0.192. The number of allylic oxidation sites excluding steroid dienone is 8. The van der Waals surface area contributed by atoms with Crippen LogP contribution >= 0.6 is 0 Å². The Kier molecular flexibility index (Phi) is 15.9. The van der Waals surface area contributed by atoms with Crippen molar-refractivity contribution in [2.45, 2.75) is 103 Å². The Balaban J connectivity index is 0.00000625. The summed E-state index contributed by atoms with van der Waals surface area (Å²) in [7, 11) is 2.16. The summed E-state index contributed by atoms with van der Waals surface area (Å²) in [5, 5.41) is 3.11. The van der Waals surface area contributed by atoms with E-state index in [-0.39, 0.29) is 40.7 Å². The molecule has 2 aromatic carbocycles. The Bertz CT molecular complexity index is 1500. The lowest BCUT2D eigenvalue weighted by atomic mass is 9.81. The second-order valence-corrected chi connectivity index (χ2v) is 14.1. The van der Waals surface area contributed by atoms with Crippen LogP contribution in [0.3, 0.4) is 0 Å². The van der Waals surface area contributed by atoms with Gasteiger partial charge in [0.2, 0.25) is 11.6 Å². The molecule has 0 atom stereocenters. The van der Waals surface area contributed by atoms with E-state index in [9.17, 15) is 4.79 Å². The number of rotatable bonds is 18. The number of carbonyl (C=O) groups excluding carboxylic acids is 1. The van der Waals surface area contributed by atoms with E-state index in [2.05, 4.69) is 141 Å². The summed E-state index contributed by atoms with van der Waals surface area (Å²) < 4.78 is 2.30. The van der Waals surface area contributed by atoms with Gasteiger partial charge in [-0.2, -0.15) is 4.58 Å². The average Bonchev–Trinajstić information content (AvgIpc) is 3.39. The summed E-state index contributed by atoms with van der Waals surface area (Å²) in [6.07, 6.45) is 25.9. The monoisotopic (exact) mass is 762 g/mol. The fraction of sp³-hybridized carbons (Fsp3) is 0.476. The highest BCUT2D eigenvalue weighted by Crippen LogP contribution is 2.47. The third-order valence-electron chi connectivity index (χ3n) is 9.93. The predicted octanol–water partition coefficient (Wildman–Crippen LogP) is 6.02. The first-order valence-electron chi connectivity index (χ1n) is 18.0. The molecular weight excluding hydrogens is 703 g/mol. The largest absolute Gasteiger partial charge is 1.00 e. The Morgan fingerprint density at radius 3 is 2.15 bits per heavy atom. The van der Waals surface area contributed by atoms with Crippen LogP contribution < -0.4 is 39.9 Å². The number of unbranched alkanes of at least 4 members (excludes halogenated alkanes) is 7. The van der Waals surface area contributed by atoms with Crippen LogP contribution in [0.5, 0.6) is 0 Å². The fourth-order valence-corrected chi connectivity index (χ4v) is 7.19. The maximum absolute atomic E-state index is 12.3. The molecule has 5 nitrogen and oxygen atoms in total. The van der Waals surface area contributed by atoms with E-state index in [1.165, 1.54) is 59.6 Å². The van der Waals surface area contributed by atoms with Crippen molar-refractivity contribution < 1.29 is 33.3 Å². The van der Waals surface area contributed by atoms with Crippen molar-refractivity contribution in [3.8, 4) is 0 Å². The van der Waals surface area contributed by atoms with Crippen LogP contribution in [-0.2, 0) is 15.6 Å². The lowest BCUT2D eigenvalue weighted by molar-refractivity contribution is -0.401. The van der Waals surface area contributed by atoms with Crippen LogP contribution in [0.15, 0.2) is 96.8 Å². The van der Waals surface area contributed by atoms with Crippen molar-refractivity contribution in [3.63, 3.8) is 0 Å². The Hall–Kier alpha value is -2.97. The molecule has 0 saturated carbocycles. The molecule has 2 heterocycles. The van der Waals surface area contributed by atoms with Gasteiger partial charge in [0.15, 0.2) is 5.71 Å². The van der Waals surface area contributed by atoms with Gasteiger partial charge in [0.25, 0.3) is 0 Å². The lowest BCUT2D eigenvalue weighted by Crippen LogP contribution is -3.00. The fourth-order valence-electron chi connectivity index (χ4n) is 7.19. The zero-order valence-corrected chi connectivity index (χ0v) is 32.3. The quantitative estimate of drug-likeness (QED) is 0.0846. The second-order valence-electron chi connectivity index (χ2n) is 14.1. The minimum absolute atomic E-state index is 0. The number of hydrogen-bond donors (Lipinski definition) is 2. The molecule has 0 aromatic heterocycles. The zero-order valence-electron chi connectivity index (χ0n) is 30.1. The number of nitrogens with one attached hydrogen (secondary N) is 1. The third-order valence-corrected chi connectivity index (χ3v) is 9.93. The van der Waals surface area contributed by atoms with Gasteiger partial charge in [0.1, 0.15) is 7.05 Å². The molecule has 3 N–H and O–H groups in total. The normalized spacial score (nSPS) is 17.1. The van der Waals surface area contributed by atoms with Crippen LogP contribution in [0.2, 0.25) is 0 Å². The molecule has 2 aromatic rings. The van der Waals surface area contributed by atoms with E-state index in [0.717, 1.165) is 51.7 Å². The van der Waals surface area contributed by atoms with E-state index in [1.807, 2.05) is 0 Å². The first kappa shape index (κ1) is 39.5. The average molecular weight is 763 g/mol. The molecule has 6 heteroatoms. The number of carbonyl (C=O) groups is 1. The van der Waals surface area contributed by atoms with E-state index in [4.69, 9.17) is 5.73 Å². The molecule has 2 aliphatic heterocycles. The van der Waals surface area contributed by atoms with E-state index in [1.54, 1.807) is 0 Å². The third kappa shape index (κ3) is 10.0. The molecule has 1 amide bonds. The number of amides is 1. The highest BCUT2D eigenvalue weighted by atomic mass is 127. The van der Waals surface area contributed by atoms with Gasteiger partial charge in [0, 0.05) is 54.0 Å².